The van der Waals surface area contributed by atoms with E-state index in [1.165, 1.54) is 0 Å². The van der Waals surface area contributed by atoms with E-state index < -0.39 is 21.7 Å². The van der Waals surface area contributed by atoms with Crippen molar-refractivity contribution in [1.29, 1.82) is 0 Å². The van der Waals surface area contributed by atoms with E-state index in [0.29, 0.717) is 18.8 Å². The Kier molecular flexibility index (Phi) is 4.69. The number of nitrogens with zero attached hydrogens (tertiary/aromatic N) is 4. The molecular weight excluding hydrogens is 284 g/mol. The van der Waals surface area contributed by atoms with Crippen LogP contribution >= 0.6 is 0 Å². The molecular formula is C11H18N4O4S. The summed E-state index contributed by atoms with van der Waals surface area (Å²) in [6.45, 7) is 2.71. The Morgan fingerprint density at radius 1 is 1.50 bits per heavy atom. The van der Waals surface area contributed by atoms with E-state index in [2.05, 4.69) is 22.4 Å². The molecule has 2 rings (SSSR count). The van der Waals surface area contributed by atoms with Crippen LogP contribution in [0.3, 0.4) is 0 Å². The van der Waals surface area contributed by atoms with Crippen molar-refractivity contribution in [2.75, 3.05) is 11.5 Å². The first-order valence-corrected chi connectivity index (χ1v) is 8.46. The molecule has 0 aromatic carbocycles. The molecule has 0 spiro atoms. The van der Waals surface area contributed by atoms with Crippen LogP contribution in [0.25, 0.3) is 0 Å². The Morgan fingerprint density at radius 2 is 2.30 bits per heavy atom. The Morgan fingerprint density at radius 3 is 2.95 bits per heavy atom. The molecule has 1 saturated heterocycles. The third-order valence-electron chi connectivity index (χ3n) is 3.24. The minimum absolute atomic E-state index is 0.0217. The number of carbonyl (C=O) groups excluding carboxylic acids is 1. The largest absolute Gasteiger partial charge is 0.457 e. The van der Waals surface area contributed by atoms with Gasteiger partial charge in [-0.05, 0) is 23.3 Å². The standard InChI is InChI=1S/C11H18N4O4S/c1-2-3-5-15-10(12-13-14-15)7-19-11(16)9-4-6-20(17,18)8-9/h9H,2-8H2,1H3. The lowest BCUT2D eigenvalue weighted by Gasteiger charge is -2.08. The topological polar surface area (TPSA) is 104 Å². The van der Waals surface area contributed by atoms with Gasteiger partial charge in [0.15, 0.2) is 22.3 Å². The van der Waals surface area contributed by atoms with Crippen molar-refractivity contribution in [3.8, 4) is 0 Å². The van der Waals surface area contributed by atoms with Crippen molar-refractivity contribution in [3.05, 3.63) is 5.82 Å². The van der Waals surface area contributed by atoms with Gasteiger partial charge in [0.2, 0.25) is 0 Å². The van der Waals surface area contributed by atoms with Crippen molar-refractivity contribution in [1.82, 2.24) is 20.2 Å². The molecule has 0 bridgehead atoms. The summed E-state index contributed by atoms with van der Waals surface area (Å²) in [6.07, 6.45) is 2.29. The van der Waals surface area contributed by atoms with Gasteiger partial charge in [0.25, 0.3) is 0 Å². The van der Waals surface area contributed by atoms with Crippen LogP contribution < -0.4 is 0 Å². The highest BCUT2D eigenvalue weighted by atomic mass is 32.2. The van der Waals surface area contributed by atoms with E-state index in [-0.39, 0.29) is 18.1 Å². The number of rotatable bonds is 6. The number of ether oxygens (including phenoxy) is 1. The maximum atomic E-state index is 11.8. The van der Waals surface area contributed by atoms with Crippen LogP contribution in [0, 0.1) is 5.92 Å². The van der Waals surface area contributed by atoms with E-state index >= 15 is 0 Å². The number of aryl methyl sites for hydroxylation is 1. The summed E-state index contributed by atoms with van der Waals surface area (Å²) in [5.74, 6) is -0.628. The van der Waals surface area contributed by atoms with Crippen LogP contribution in [0.2, 0.25) is 0 Å². The quantitative estimate of drug-likeness (QED) is 0.678. The second-order valence-electron chi connectivity index (χ2n) is 4.88. The number of tetrazole rings is 1. The summed E-state index contributed by atoms with van der Waals surface area (Å²) < 4.78 is 29.3. The van der Waals surface area contributed by atoms with Gasteiger partial charge in [-0.15, -0.1) is 5.10 Å². The van der Waals surface area contributed by atoms with Crippen molar-refractivity contribution < 1.29 is 17.9 Å². The summed E-state index contributed by atoms with van der Waals surface area (Å²) in [7, 11) is -3.08. The SMILES string of the molecule is CCCCn1nnnc1COC(=O)C1CCS(=O)(=O)C1. The summed E-state index contributed by atoms with van der Waals surface area (Å²) in [6, 6.07) is 0. The lowest BCUT2D eigenvalue weighted by molar-refractivity contribution is -0.149. The lowest BCUT2D eigenvalue weighted by atomic mass is 10.1. The fourth-order valence-electron chi connectivity index (χ4n) is 2.04. The number of carbonyl (C=O) groups is 1. The highest BCUT2D eigenvalue weighted by Gasteiger charge is 2.34. The smallest absolute Gasteiger partial charge is 0.310 e. The van der Waals surface area contributed by atoms with E-state index in [0.717, 1.165) is 12.8 Å². The zero-order valence-corrected chi connectivity index (χ0v) is 12.2. The number of aromatic nitrogens is 4. The number of hydrogen-bond acceptors (Lipinski definition) is 7. The number of esters is 1. The molecule has 0 saturated carbocycles. The second-order valence-corrected chi connectivity index (χ2v) is 7.11. The first-order valence-electron chi connectivity index (χ1n) is 6.64. The molecule has 1 aliphatic heterocycles. The average Bonchev–Trinajstić information content (AvgIpc) is 2.99. The fraction of sp³-hybridized carbons (Fsp3) is 0.818. The molecule has 1 aromatic heterocycles. The molecule has 0 N–H and O–H groups in total. The van der Waals surface area contributed by atoms with Crippen molar-refractivity contribution in [2.45, 2.75) is 39.3 Å². The normalized spacial score (nSPS) is 20.9. The molecule has 0 aliphatic carbocycles. The fourth-order valence-corrected chi connectivity index (χ4v) is 3.77. The highest BCUT2D eigenvalue weighted by Crippen LogP contribution is 2.20. The molecule has 1 aliphatic rings. The van der Waals surface area contributed by atoms with Crippen molar-refractivity contribution >= 4 is 15.8 Å². The van der Waals surface area contributed by atoms with Gasteiger partial charge in [0, 0.05) is 6.54 Å². The molecule has 0 radical (unpaired) electrons. The van der Waals surface area contributed by atoms with Crippen LogP contribution in [-0.2, 0) is 32.5 Å². The van der Waals surface area contributed by atoms with E-state index in [1.807, 2.05) is 0 Å². The Labute approximate surface area is 117 Å². The minimum atomic E-state index is -3.08. The van der Waals surface area contributed by atoms with E-state index in [9.17, 15) is 13.2 Å². The van der Waals surface area contributed by atoms with Crippen molar-refractivity contribution in [2.24, 2.45) is 5.92 Å². The molecule has 1 fully saturated rings. The highest BCUT2D eigenvalue weighted by molar-refractivity contribution is 7.91. The predicted molar refractivity (Wildman–Crippen MR) is 69.3 cm³/mol. The van der Waals surface area contributed by atoms with Gasteiger partial charge < -0.3 is 4.74 Å². The second kappa shape index (κ2) is 6.29. The third kappa shape index (κ3) is 3.75. The number of unbranched alkanes of at least 4 members (excludes halogenated alkanes) is 1. The summed E-state index contributed by atoms with van der Waals surface area (Å²) in [5.41, 5.74) is 0. The first kappa shape index (κ1) is 14.9. The van der Waals surface area contributed by atoms with Gasteiger partial charge in [0.1, 0.15) is 0 Å². The van der Waals surface area contributed by atoms with Gasteiger partial charge in [-0.25, -0.2) is 13.1 Å². The average molecular weight is 302 g/mol. The summed E-state index contributed by atoms with van der Waals surface area (Å²) in [5, 5.41) is 11.2. The number of hydrogen-bond donors (Lipinski definition) is 0. The molecule has 2 heterocycles. The van der Waals surface area contributed by atoms with Crippen LogP contribution in [0.15, 0.2) is 0 Å². The monoisotopic (exact) mass is 302 g/mol. The predicted octanol–water partition coefficient (Wildman–Crippen LogP) is -0.0489. The molecule has 0 amide bonds. The molecule has 112 valence electrons. The van der Waals surface area contributed by atoms with Crippen molar-refractivity contribution in [3.63, 3.8) is 0 Å². The molecule has 1 aromatic rings. The van der Waals surface area contributed by atoms with E-state index in [1.54, 1.807) is 4.68 Å². The maximum Gasteiger partial charge on any atom is 0.310 e. The van der Waals surface area contributed by atoms with Gasteiger partial charge in [-0.1, -0.05) is 13.3 Å². The van der Waals surface area contributed by atoms with Crippen LogP contribution in [0.1, 0.15) is 32.0 Å². The third-order valence-corrected chi connectivity index (χ3v) is 5.01. The van der Waals surface area contributed by atoms with Crippen LogP contribution in [-0.4, -0.2) is 46.1 Å². The Balaban J connectivity index is 1.86. The molecule has 20 heavy (non-hydrogen) atoms. The Bertz CT molecular complexity index is 569. The summed E-state index contributed by atoms with van der Waals surface area (Å²) >= 11 is 0. The van der Waals surface area contributed by atoms with Crippen LogP contribution in [0.4, 0.5) is 0 Å². The summed E-state index contributed by atoms with van der Waals surface area (Å²) in [4.78, 5) is 11.8. The minimum Gasteiger partial charge on any atom is -0.457 e. The zero-order valence-electron chi connectivity index (χ0n) is 11.4. The molecule has 1 unspecified atom stereocenters. The molecule has 1 atom stereocenters. The molecule has 8 nitrogen and oxygen atoms in total. The maximum absolute atomic E-state index is 11.8. The zero-order chi connectivity index (χ0) is 14.6. The van der Waals surface area contributed by atoms with Gasteiger partial charge in [0.05, 0.1) is 17.4 Å². The lowest BCUT2D eigenvalue weighted by Crippen LogP contribution is -2.20. The van der Waals surface area contributed by atoms with Gasteiger partial charge in [-0.3, -0.25) is 4.79 Å². The van der Waals surface area contributed by atoms with E-state index in [4.69, 9.17) is 4.74 Å². The van der Waals surface area contributed by atoms with Gasteiger partial charge in [-0.2, -0.15) is 0 Å². The first-order chi connectivity index (χ1) is 9.52. The molecule has 9 heteroatoms. The Hall–Kier alpha value is -1.51. The number of sulfone groups is 1. The van der Waals surface area contributed by atoms with Crippen LogP contribution in [0.5, 0.6) is 0 Å². The van der Waals surface area contributed by atoms with Gasteiger partial charge >= 0.3 is 5.97 Å².